The van der Waals surface area contributed by atoms with Crippen molar-refractivity contribution in [1.82, 2.24) is 10.6 Å². The Morgan fingerprint density at radius 1 is 1.50 bits per heavy atom. The zero-order valence-corrected chi connectivity index (χ0v) is 11.3. The standard InChI is InChI=1S/C11H17BrN2O2/c1-11(2,10(15)13-3)7-14-6-8-4-5-9(12)16-8/h4-5,14H,6-7H2,1-3H3,(H,13,15). The van der Waals surface area contributed by atoms with Crippen LogP contribution in [0, 0.1) is 5.41 Å². The first kappa shape index (κ1) is 13.3. The summed E-state index contributed by atoms with van der Waals surface area (Å²) in [5.74, 6) is 0.875. The minimum Gasteiger partial charge on any atom is -0.453 e. The first-order valence-corrected chi connectivity index (χ1v) is 5.92. The maximum Gasteiger partial charge on any atom is 0.226 e. The Bertz CT molecular complexity index is 361. The number of nitrogens with one attached hydrogen (secondary N) is 2. The quantitative estimate of drug-likeness (QED) is 0.870. The topological polar surface area (TPSA) is 54.3 Å². The van der Waals surface area contributed by atoms with Crippen molar-refractivity contribution in [2.24, 2.45) is 5.41 Å². The molecule has 0 aliphatic rings. The Morgan fingerprint density at radius 2 is 2.19 bits per heavy atom. The molecule has 0 aliphatic carbocycles. The van der Waals surface area contributed by atoms with Crippen molar-refractivity contribution in [3.63, 3.8) is 0 Å². The van der Waals surface area contributed by atoms with Crippen molar-refractivity contribution >= 4 is 21.8 Å². The second kappa shape index (κ2) is 5.50. The van der Waals surface area contributed by atoms with E-state index in [1.54, 1.807) is 7.05 Å². The number of hydrogen-bond donors (Lipinski definition) is 2. The van der Waals surface area contributed by atoms with Gasteiger partial charge in [-0.3, -0.25) is 4.79 Å². The normalized spacial score (nSPS) is 11.5. The minimum absolute atomic E-state index is 0.0284. The van der Waals surface area contributed by atoms with E-state index in [0.717, 1.165) is 10.4 Å². The summed E-state index contributed by atoms with van der Waals surface area (Å²) in [6.07, 6.45) is 0. The molecule has 0 atom stereocenters. The summed E-state index contributed by atoms with van der Waals surface area (Å²) in [4.78, 5) is 11.5. The molecule has 4 nitrogen and oxygen atoms in total. The zero-order valence-electron chi connectivity index (χ0n) is 9.76. The van der Waals surface area contributed by atoms with E-state index in [1.807, 2.05) is 26.0 Å². The van der Waals surface area contributed by atoms with Crippen LogP contribution >= 0.6 is 15.9 Å². The second-order valence-corrected chi connectivity index (χ2v) is 5.05. The summed E-state index contributed by atoms with van der Waals surface area (Å²) in [6, 6.07) is 3.74. The third kappa shape index (κ3) is 3.64. The van der Waals surface area contributed by atoms with Gasteiger partial charge < -0.3 is 15.1 Å². The summed E-state index contributed by atoms with van der Waals surface area (Å²) in [6.45, 7) is 5.02. The van der Waals surface area contributed by atoms with Crippen LogP contribution in [0.25, 0.3) is 0 Å². The van der Waals surface area contributed by atoms with E-state index in [0.29, 0.717) is 13.1 Å². The van der Waals surface area contributed by atoms with Gasteiger partial charge in [0.2, 0.25) is 5.91 Å². The number of hydrogen-bond acceptors (Lipinski definition) is 3. The van der Waals surface area contributed by atoms with Gasteiger partial charge in [0.05, 0.1) is 12.0 Å². The van der Waals surface area contributed by atoms with Crippen LogP contribution in [0.3, 0.4) is 0 Å². The molecule has 0 fully saturated rings. The first-order chi connectivity index (χ1) is 7.45. The molecule has 2 N–H and O–H groups in total. The maximum absolute atomic E-state index is 11.5. The lowest BCUT2D eigenvalue weighted by Gasteiger charge is -2.22. The van der Waals surface area contributed by atoms with Gasteiger partial charge in [-0.1, -0.05) is 0 Å². The number of halogens is 1. The van der Waals surface area contributed by atoms with Crippen molar-refractivity contribution in [3.8, 4) is 0 Å². The Kier molecular flexibility index (Phi) is 4.56. The fraction of sp³-hybridized carbons (Fsp3) is 0.545. The molecule has 1 amide bonds. The molecular weight excluding hydrogens is 272 g/mol. The van der Waals surface area contributed by atoms with Crippen LogP contribution in [0.5, 0.6) is 0 Å². The van der Waals surface area contributed by atoms with Crippen molar-refractivity contribution in [1.29, 1.82) is 0 Å². The van der Waals surface area contributed by atoms with E-state index in [2.05, 4.69) is 26.6 Å². The van der Waals surface area contributed by atoms with E-state index in [1.165, 1.54) is 0 Å². The number of furan rings is 1. The van der Waals surface area contributed by atoms with Crippen LogP contribution < -0.4 is 10.6 Å². The van der Waals surface area contributed by atoms with E-state index in [4.69, 9.17) is 4.42 Å². The lowest BCUT2D eigenvalue weighted by Crippen LogP contribution is -2.41. The summed E-state index contributed by atoms with van der Waals surface area (Å²) < 4.78 is 6.06. The summed E-state index contributed by atoms with van der Waals surface area (Å²) in [7, 11) is 1.65. The zero-order chi connectivity index (χ0) is 12.2. The van der Waals surface area contributed by atoms with Crippen LogP contribution in [0.4, 0.5) is 0 Å². The number of rotatable bonds is 5. The lowest BCUT2D eigenvalue weighted by molar-refractivity contribution is -0.128. The van der Waals surface area contributed by atoms with Crippen LogP contribution in [-0.2, 0) is 11.3 Å². The van der Waals surface area contributed by atoms with E-state index >= 15 is 0 Å². The van der Waals surface area contributed by atoms with Crippen LogP contribution in [0.2, 0.25) is 0 Å². The Labute approximate surface area is 104 Å². The molecule has 0 aliphatic heterocycles. The molecule has 0 aromatic carbocycles. The lowest BCUT2D eigenvalue weighted by atomic mass is 9.92. The van der Waals surface area contributed by atoms with E-state index in [-0.39, 0.29) is 5.91 Å². The third-order valence-corrected chi connectivity index (χ3v) is 2.76. The van der Waals surface area contributed by atoms with Crippen molar-refractivity contribution in [2.45, 2.75) is 20.4 Å². The molecule has 0 bridgehead atoms. The van der Waals surface area contributed by atoms with E-state index < -0.39 is 5.41 Å². The largest absolute Gasteiger partial charge is 0.453 e. The highest BCUT2D eigenvalue weighted by Crippen LogP contribution is 2.16. The molecule has 1 rings (SSSR count). The molecule has 90 valence electrons. The minimum atomic E-state index is -0.418. The molecule has 5 heteroatoms. The third-order valence-electron chi connectivity index (χ3n) is 2.34. The van der Waals surface area contributed by atoms with Crippen LogP contribution in [-0.4, -0.2) is 19.5 Å². The van der Waals surface area contributed by atoms with Crippen LogP contribution in [0.15, 0.2) is 21.2 Å². The highest BCUT2D eigenvalue weighted by Gasteiger charge is 2.25. The Hall–Kier alpha value is -0.810. The summed E-state index contributed by atoms with van der Waals surface area (Å²) in [5, 5.41) is 5.84. The van der Waals surface area contributed by atoms with Gasteiger partial charge in [-0.2, -0.15) is 0 Å². The van der Waals surface area contributed by atoms with Crippen molar-refractivity contribution in [3.05, 3.63) is 22.6 Å². The molecule has 0 radical (unpaired) electrons. The van der Waals surface area contributed by atoms with Crippen molar-refractivity contribution < 1.29 is 9.21 Å². The maximum atomic E-state index is 11.5. The Balaban J connectivity index is 2.38. The Morgan fingerprint density at radius 3 is 2.69 bits per heavy atom. The summed E-state index contributed by atoms with van der Waals surface area (Å²) >= 11 is 3.24. The molecule has 1 heterocycles. The smallest absolute Gasteiger partial charge is 0.226 e. The molecule has 1 aromatic heterocycles. The molecular formula is C11H17BrN2O2. The number of amides is 1. The highest BCUT2D eigenvalue weighted by atomic mass is 79.9. The molecule has 0 spiro atoms. The highest BCUT2D eigenvalue weighted by molar-refractivity contribution is 9.10. The fourth-order valence-electron chi connectivity index (χ4n) is 1.36. The average Bonchev–Trinajstić information content (AvgIpc) is 2.62. The van der Waals surface area contributed by atoms with Crippen molar-refractivity contribution in [2.75, 3.05) is 13.6 Å². The van der Waals surface area contributed by atoms with Gasteiger partial charge in [-0.05, 0) is 41.9 Å². The van der Waals surface area contributed by atoms with Gasteiger partial charge in [-0.15, -0.1) is 0 Å². The molecule has 16 heavy (non-hydrogen) atoms. The van der Waals surface area contributed by atoms with Gasteiger partial charge in [-0.25, -0.2) is 0 Å². The van der Waals surface area contributed by atoms with Gasteiger partial charge in [0.1, 0.15) is 5.76 Å². The summed E-state index contributed by atoms with van der Waals surface area (Å²) in [5.41, 5.74) is -0.418. The average molecular weight is 289 g/mol. The number of carbonyl (C=O) groups is 1. The molecule has 0 saturated heterocycles. The first-order valence-electron chi connectivity index (χ1n) is 5.13. The fourth-order valence-corrected chi connectivity index (χ4v) is 1.70. The second-order valence-electron chi connectivity index (χ2n) is 4.27. The number of carbonyl (C=O) groups excluding carboxylic acids is 1. The monoisotopic (exact) mass is 288 g/mol. The predicted molar refractivity (Wildman–Crippen MR) is 66.0 cm³/mol. The SMILES string of the molecule is CNC(=O)C(C)(C)CNCc1ccc(Br)o1. The molecule has 0 saturated carbocycles. The van der Waals surface area contributed by atoms with E-state index in [9.17, 15) is 4.79 Å². The van der Waals surface area contributed by atoms with Gasteiger partial charge in [0.25, 0.3) is 0 Å². The molecule has 1 aromatic rings. The van der Waals surface area contributed by atoms with Crippen LogP contribution in [0.1, 0.15) is 19.6 Å². The molecule has 0 unspecified atom stereocenters. The van der Waals surface area contributed by atoms with Gasteiger partial charge >= 0.3 is 0 Å². The van der Waals surface area contributed by atoms with Gasteiger partial charge in [0, 0.05) is 13.6 Å². The van der Waals surface area contributed by atoms with Gasteiger partial charge in [0.15, 0.2) is 4.67 Å². The predicted octanol–water partition coefficient (Wildman–Crippen LogP) is 1.90.